The van der Waals surface area contributed by atoms with Crippen LogP contribution in [0.4, 0.5) is 5.69 Å². The van der Waals surface area contributed by atoms with E-state index in [-0.39, 0.29) is 24.3 Å². The van der Waals surface area contributed by atoms with Gasteiger partial charge in [-0.1, -0.05) is 22.0 Å². The molecular formula is C27H27BrN2O7S. The quantitative estimate of drug-likeness (QED) is 0.323. The molecule has 0 saturated carbocycles. The first-order valence-corrected chi connectivity index (χ1v) is 13.9. The number of sulfonamides is 1. The summed E-state index contributed by atoms with van der Waals surface area (Å²) < 4.78 is 45.3. The summed E-state index contributed by atoms with van der Waals surface area (Å²) in [5.74, 6) is 0.534. The number of ether oxygens (including phenoxy) is 3. The van der Waals surface area contributed by atoms with E-state index in [0.717, 1.165) is 14.8 Å². The van der Waals surface area contributed by atoms with Gasteiger partial charge in [0, 0.05) is 11.0 Å². The standard InChI is InChI=1S/C27H27BrN2O7S/c1-35-21-9-7-20(8-10-21)30-26(31)17-23(27(30)32)29(38(33,34)22-11-5-19(28)6-12-22)15-14-18-4-13-24(36-2)25(16-18)37-3/h4-13,16,23H,14-15,17H2,1-3H3. The average molecular weight is 603 g/mol. The Morgan fingerprint density at radius 1 is 0.895 bits per heavy atom. The van der Waals surface area contributed by atoms with Crippen molar-refractivity contribution in [3.8, 4) is 17.2 Å². The molecule has 0 bridgehead atoms. The summed E-state index contributed by atoms with van der Waals surface area (Å²) in [5, 5.41) is 0. The molecular weight excluding hydrogens is 576 g/mol. The van der Waals surface area contributed by atoms with Crippen LogP contribution in [0.2, 0.25) is 0 Å². The number of hydrogen-bond acceptors (Lipinski definition) is 7. The van der Waals surface area contributed by atoms with E-state index in [1.807, 2.05) is 0 Å². The fourth-order valence-corrected chi connectivity index (χ4v) is 6.15. The number of nitrogens with zero attached hydrogens (tertiary/aromatic N) is 2. The molecule has 1 saturated heterocycles. The second kappa shape index (κ2) is 11.5. The lowest BCUT2D eigenvalue weighted by Crippen LogP contribution is -2.46. The van der Waals surface area contributed by atoms with Gasteiger partial charge in [0.15, 0.2) is 11.5 Å². The Bertz CT molecular complexity index is 1430. The first-order valence-electron chi connectivity index (χ1n) is 11.7. The van der Waals surface area contributed by atoms with E-state index >= 15 is 0 Å². The molecule has 3 aromatic carbocycles. The Kier molecular flexibility index (Phi) is 8.39. The van der Waals surface area contributed by atoms with E-state index in [1.165, 1.54) is 33.5 Å². The van der Waals surface area contributed by atoms with Crippen LogP contribution in [0.15, 0.2) is 76.1 Å². The van der Waals surface area contributed by atoms with Crippen molar-refractivity contribution in [2.45, 2.75) is 23.8 Å². The first kappa shape index (κ1) is 27.6. The highest BCUT2D eigenvalue weighted by Crippen LogP contribution is 2.32. The number of benzene rings is 3. The molecule has 0 radical (unpaired) electrons. The van der Waals surface area contributed by atoms with Crippen LogP contribution < -0.4 is 19.1 Å². The van der Waals surface area contributed by atoms with E-state index in [4.69, 9.17) is 14.2 Å². The van der Waals surface area contributed by atoms with Gasteiger partial charge in [-0.05, 0) is 72.6 Å². The zero-order chi connectivity index (χ0) is 27.4. The molecule has 9 nitrogen and oxygen atoms in total. The van der Waals surface area contributed by atoms with E-state index in [2.05, 4.69) is 15.9 Å². The van der Waals surface area contributed by atoms with E-state index in [9.17, 15) is 18.0 Å². The third-order valence-electron chi connectivity index (χ3n) is 6.29. The Hall–Kier alpha value is -3.41. The van der Waals surface area contributed by atoms with Gasteiger partial charge in [0.2, 0.25) is 15.9 Å². The van der Waals surface area contributed by atoms with Gasteiger partial charge >= 0.3 is 0 Å². The lowest BCUT2D eigenvalue weighted by molar-refractivity contribution is -0.122. The highest BCUT2D eigenvalue weighted by Gasteiger charge is 2.46. The lowest BCUT2D eigenvalue weighted by atomic mass is 10.1. The number of methoxy groups -OCH3 is 3. The van der Waals surface area contributed by atoms with Gasteiger partial charge in [0.1, 0.15) is 11.8 Å². The number of halogens is 1. The predicted molar refractivity (Wildman–Crippen MR) is 145 cm³/mol. The number of rotatable bonds is 10. The van der Waals surface area contributed by atoms with E-state index in [0.29, 0.717) is 27.4 Å². The minimum absolute atomic E-state index is 0.0242. The number of carbonyl (C=O) groups is 2. The van der Waals surface area contributed by atoms with Gasteiger partial charge in [-0.3, -0.25) is 9.59 Å². The summed E-state index contributed by atoms with van der Waals surface area (Å²) in [7, 11) is 0.424. The van der Waals surface area contributed by atoms with Gasteiger partial charge in [0.05, 0.1) is 38.3 Å². The molecule has 0 aliphatic carbocycles. The van der Waals surface area contributed by atoms with Gasteiger partial charge in [-0.25, -0.2) is 13.3 Å². The maximum Gasteiger partial charge on any atom is 0.252 e. The lowest BCUT2D eigenvalue weighted by Gasteiger charge is -2.27. The topological polar surface area (TPSA) is 102 Å². The third kappa shape index (κ3) is 5.54. The molecule has 0 spiro atoms. The fourth-order valence-electron chi connectivity index (χ4n) is 4.30. The molecule has 0 N–H and O–H groups in total. The zero-order valence-electron chi connectivity index (χ0n) is 21.1. The van der Waals surface area contributed by atoms with Crippen LogP contribution >= 0.6 is 15.9 Å². The molecule has 0 aromatic heterocycles. The molecule has 1 aliphatic rings. The van der Waals surface area contributed by atoms with Crippen molar-refractivity contribution in [3.63, 3.8) is 0 Å². The van der Waals surface area contributed by atoms with Gasteiger partial charge in [-0.2, -0.15) is 4.31 Å². The van der Waals surface area contributed by atoms with Crippen LogP contribution in [0.1, 0.15) is 12.0 Å². The Labute approximate surface area is 230 Å². The second-order valence-electron chi connectivity index (χ2n) is 8.49. The summed E-state index contributed by atoms with van der Waals surface area (Å²) in [6, 6.07) is 16.7. The minimum Gasteiger partial charge on any atom is -0.497 e. The number of imide groups is 1. The molecule has 1 unspecified atom stereocenters. The minimum atomic E-state index is -4.14. The van der Waals surface area contributed by atoms with Crippen LogP contribution in [0.3, 0.4) is 0 Å². The molecule has 1 fully saturated rings. The predicted octanol–water partition coefficient (Wildman–Crippen LogP) is 4.04. The van der Waals surface area contributed by atoms with Crippen molar-refractivity contribution in [1.29, 1.82) is 0 Å². The molecule has 1 aliphatic heterocycles. The Morgan fingerprint density at radius 3 is 2.16 bits per heavy atom. The third-order valence-corrected chi connectivity index (χ3v) is 8.74. The Morgan fingerprint density at radius 2 is 1.55 bits per heavy atom. The van der Waals surface area contributed by atoms with Crippen LogP contribution in [-0.2, 0) is 26.0 Å². The molecule has 38 heavy (non-hydrogen) atoms. The summed E-state index contributed by atoms with van der Waals surface area (Å²) in [6.45, 7) is -0.0337. The zero-order valence-corrected chi connectivity index (χ0v) is 23.5. The van der Waals surface area contributed by atoms with Crippen molar-refractivity contribution in [1.82, 2.24) is 4.31 Å². The van der Waals surface area contributed by atoms with Crippen LogP contribution in [0, 0.1) is 0 Å². The number of anilines is 1. The van der Waals surface area contributed by atoms with Crippen LogP contribution in [0.5, 0.6) is 17.2 Å². The van der Waals surface area contributed by atoms with Gasteiger partial charge in [0.25, 0.3) is 5.91 Å². The van der Waals surface area contributed by atoms with Crippen LogP contribution in [-0.4, -0.2) is 58.5 Å². The normalized spacial score (nSPS) is 15.7. The van der Waals surface area contributed by atoms with Gasteiger partial charge < -0.3 is 14.2 Å². The number of amides is 2. The monoisotopic (exact) mass is 602 g/mol. The molecule has 1 atom stereocenters. The number of hydrogen-bond donors (Lipinski definition) is 0. The summed E-state index contributed by atoms with van der Waals surface area (Å²) in [4.78, 5) is 27.6. The summed E-state index contributed by atoms with van der Waals surface area (Å²) in [6.07, 6.45) is 0.00315. The van der Waals surface area contributed by atoms with Crippen molar-refractivity contribution in [2.75, 3.05) is 32.8 Å². The molecule has 11 heteroatoms. The van der Waals surface area contributed by atoms with Crippen molar-refractivity contribution in [3.05, 3.63) is 76.8 Å². The highest BCUT2D eigenvalue weighted by atomic mass is 79.9. The maximum atomic E-state index is 13.8. The highest BCUT2D eigenvalue weighted by molar-refractivity contribution is 9.10. The first-order chi connectivity index (χ1) is 18.2. The summed E-state index contributed by atoms with van der Waals surface area (Å²) >= 11 is 3.32. The fraction of sp³-hybridized carbons (Fsp3) is 0.259. The van der Waals surface area contributed by atoms with E-state index < -0.39 is 27.9 Å². The van der Waals surface area contributed by atoms with Gasteiger partial charge in [-0.15, -0.1) is 0 Å². The van der Waals surface area contributed by atoms with E-state index in [1.54, 1.807) is 54.6 Å². The van der Waals surface area contributed by atoms with Crippen molar-refractivity contribution < 1.29 is 32.2 Å². The molecule has 1 heterocycles. The summed E-state index contributed by atoms with van der Waals surface area (Å²) in [5.41, 5.74) is 1.13. The van der Waals surface area contributed by atoms with Crippen LogP contribution in [0.25, 0.3) is 0 Å². The molecule has 3 aromatic rings. The molecule has 200 valence electrons. The molecule has 4 rings (SSSR count). The second-order valence-corrected chi connectivity index (χ2v) is 11.3. The maximum absolute atomic E-state index is 13.8. The molecule has 2 amide bonds. The van der Waals surface area contributed by atoms with Crippen molar-refractivity contribution in [2.24, 2.45) is 0 Å². The number of carbonyl (C=O) groups excluding carboxylic acids is 2. The smallest absolute Gasteiger partial charge is 0.252 e. The Balaban J connectivity index is 1.68. The average Bonchev–Trinajstić information content (AvgIpc) is 3.21. The largest absolute Gasteiger partial charge is 0.497 e. The van der Waals surface area contributed by atoms with Crippen molar-refractivity contribution >= 4 is 43.5 Å². The SMILES string of the molecule is COc1ccc(N2C(=O)CC(N(CCc3ccc(OC)c(OC)c3)S(=O)(=O)c3ccc(Br)cc3)C2=O)cc1.